The highest BCUT2D eigenvalue weighted by atomic mass is 35.5. The van der Waals surface area contributed by atoms with Gasteiger partial charge in [0.2, 0.25) is 0 Å². The molecule has 2 aliphatic rings. The third-order valence-electron chi connectivity index (χ3n) is 5.61. The van der Waals surface area contributed by atoms with Gasteiger partial charge in [0.05, 0.1) is 11.3 Å². The first-order valence-electron chi connectivity index (χ1n) is 10.6. The van der Waals surface area contributed by atoms with Crippen molar-refractivity contribution >= 4 is 40.4 Å². The Morgan fingerprint density at radius 2 is 1.67 bits per heavy atom. The van der Waals surface area contributed by atoms with E-state index < -0.39 is 11.8 Å². The number of nitrogens with one attached hydrogen (secondary N) is 1. The minimum atomic E-state index is -0.452. The van der Waals surface area contributed by atoms with Gasteiger partial charge in [-0.2, -0.15) is 0 Å². The summed E-state index contributed by atoms with van der Waals surface area (Å²) in [5, 5.41) is 3.61. The minimum absolute atomic E-state index is 0.198. The fourth-order valence-corrected chi connectivity index (χ4v) is 4.29. The van der Waals surface area contributed by atoms with E-state index in [2.05, 4.69) is 5.32 Å². The van der Waals surface area contributed by atoms with Crippen LogP contribution in [0, 0.1) is 13.8 Å². The maximum Gasteiger partial charge on any atom is 0.282 e. The number of ether oxygens (including phenoxy) is 2. The highest BCUT2D eigenvalue weighted by molar-refractivity contribution is 6.46. The zero-order chi connectivity index (χ0) is 23.1. The Kier molecular flexibility index (Phi) is 5.30. The molecular weight excluding hydrogens is 440 g/mol. The van der Waals surface area contributed by atoms with E-state index in [0.29, 0.717) is 52.2 Å². The molecule has 2 aliphatic heterocycles. The molecule has 0 aromatic heterocycles. The van der Waals surface area contributed by atoms with E-state index in [4.69, 9.17) is 21.1 Å². The Morgan fingerprint density at radius 1 is 0.879 bits per heavy atom. The van der Waals surface area contributed by atoms with E-state index in [0.717, 1.165) is 16.0 Å². The number of carbonyl (C=O) groups excluding carboxylic acids is 2. The number of halogens is 1. The number of carbonyl (C=O) groups is 2. The fourth-order valence-electron chi connectivity index (χ4n) is 4.10. The van der Waals surface area contributed by atoms with Gasteiger partial charge in [0.1, 0.15) is 18.9 Å². The molecule has 7 heteroatoms. The highest BCUT2D eigenvalue weighted by Crippen LogP contribution is 2.38. The average molecular weight is 461 g/mol. The first kappa shape index (κ1) is 21.1. The van der Waals surface area contributed by atoms with Gasteiger partial charge >= 0.3 is 0 Å². The molecule has 2 heterocycles. The summed E-state index contributed by atoms with van der Waals surface area (Å²) >= 11 is 6.14. The summed E-state index contributed by atoms with van der Waals surface area (Å²) in [7, 11) is 0. The van der Waals surface area contributed by atoms with Crippen LogP contribution < -0.4 is 19.7 Å². The van der Waals surface area contributed by atoms with Crippen LogP contribution in [0.25, 0.3) is 5.57 Å². The molecule has 0 spiro atoms. The van der Waals surface area contributed by atoms with Crippen molar-refractivity contribution in [2.24, 2.45) is 0 Å². The number of anilines is 2. The second-order valence-corrected chi connectivity index (χ2v) is 8.41. The van der Waals surface area contributed by atoms with Crippen LogP contribution in [0.15, 0.2) is 66.4 Å². The maximum atomic E-state index is 13.6. The molecule has 6 nitrogen and oxygen atoms in total. The van der Waals surface area contributed by atoms with E-state index in [9.17, 15) is 9.59 Å². The summed E-state index contributed by atoms with van der Waals surface area (Å²) in [4.78, 5) is 28.3. The number of amides is 2. The Labute approximate surface area is 196 Å². The normalized spacial score (nSPS) is 15.3. The molecule has 0 bridgehead atoms. The molecule has 33 heavy (non-hydrogen) atoms. The topological polar surface area (TPSA) is 67.9 Å². The van der Waals surface area contributed by atoms with Gasteiger partial charge in [-0.25, -0.2) is 4.90 Å². The number of imide groups is 1. The maximum absolute atomic E-state index is 13.6. The molecule has 0 aliphatic carbocycles. The minimum Gasteiger partial charge on any atom is -0.486 e. The van der Waals surface area contributed by atoms with Crippen LogP contribution in [0.2, 0.25) is 5.02 Å². The molecule has 0 saturated carbocycles. The smallest absolute Gasteiger partial charge is 0.282 e. The lowest BCUT2D eigenvalue weighted by Gasteiger charge is -2.19. The van der Waals surface area contributed by atoms with Crippen molar-refractivity contribution in [3.05, 3.63) is 88.1 Å². The molecule has 0 unspecified atom stereocenters. The number of rotatable bonds is 4. The molecule has 2 amide bonds. The SMILES string of the molecule is Cc1ccc(C2=C(Nc3ccc4c(c3)OCCO4)C(=O)N(c3cccc(Cl)c3)C2=O)c(C)c1. The zero-order valence-corrected chi connectivity index (χ0v) is 18.9. The number of fused-ring (bicyclic) bond motifs is 1. The summed E-state index contributed by atoms with van der Waals surface area (Å²) in [6, 6.07) is 17.8. The monoisotopic (exact) mass is 460 g/mol. The molecule has 3 aromatic carbocycles. The van der Waals surface area contributed by atoms with Crippen LogP contribution in [0.3, 0.4) is 0 Å². The molecule has 1 N–H and O–H groups in total. The number of aryl methyl sites for hydroxylation is 2. The lowest BCUT2D eigenvalue weighted by molar-refractivity contribution is -0.120. The molecule has 0 atom stereocenters. The van der Waals surface area contributed by atoms with Crippen molar-refractivity contribution in [2.75, 3.05) is 23.4 Å². The molecular formula is C26H21ClN2O4. The van der Waals surface area contributed by atoms with Gasteiger partial charge < -0.3 is 14.8 Å². The number of benzene rings is 3. The van der Waals surface area contributed by atoms with E-state index in [-0.39, 0.29) is 5.70 Å². The second kappa shape index (κ2) is 8.30. The Balaban J connectivity index is 1.62. The number of hydrogen-bond acceptors (Lipinski definition) is 5. The third kappa shape index (κ3) is 3.83. The van der Waals surface area contributed by atoms with E-state index in [1.54, 1.807) is 42.5 Å². The molecule has 5 rings (SSSR count). The second-order valence-electron chi connectivity index (χ2n) is 7.98. The van der Waals surface area contributed by atoms with Crippen LogP contribution in [-0.4, -0.2) is 25.0 Å². The van der Waals surface area contributed by atoms with Crippen LogP contribution in [-0.2, 0) is 9.59 Å². The summed E-state index contributed by atoms with van der Waals surface area (Å²) < 4.78 is 11.2. The van der Waals surface area contributed by atoms with Crippen molar-refractivity contribution in [3.8, 4) is 11.5 Å². The van der Waals surface area contributed by atoms with Crippen molar-refractivity contribution in [1.29, 1.82) is 0 Å². The summed E-state index contributed by atoms with van der Waals surface area (Å²) in [6.45, 7) is 4.85. The van der Waals surface area contributed by atoms with Gasteiger partial charge in [-0.05, 0) is 55.3 Å². The predicted molar refractivity (Wildman–Crippen MR) is 128 cm³/mol. The van der Waals surface area contributed by atoms with Gasteiger partial charge in [-0.15, -0.1) is 0 Å². The molecule has 0 fully saturated rings. The summed E-state index contributed by atoms with van der Waals surface area (Å²) in [5.74, 6) is 0.370. The largest absolute Gasteiger partial charge is 0.486 e. The van der Waals surface area contributed by atoms with E-state index >= 15 is 0 Å². The molecule has 166 valence electrons. The van der Waals surface area contributed by atoms with Gasteiger partial charge in [0, 0.05) is 16.8 Å². The average Bonchev–Trinajstić information content (AvgIpc) is 3.03. The van der Waals surface area contributed by atoms with Crippen molar-refractivity contribution in [3.63, 3.8) is 0 Å². The van der Waals surface area contributed by atoms with Gasteiger partial charge in [0.25, 0.3) is 11.8 Å². The standard InChI is InChI=1S/C26H21ClN2O4/c1-15-6-8-20(16(2)12-15)23-24(28-18-7-9-21-22(14-18)33-11-10-32-21)26(31)29(25(23)30)19-5-3-4-17(27)13-19/h3-9,12-14,28H,10-11H2,1-2H3. The van der Waals surface area contributed by atoms with Gasteiger partial charge in [0.15, 0.2) is 11.5 Å². The Bertz CT molecular complexity index is 1330. The van der Waals surface area contributed by atoms with Crippen molar-refractivity contribution < 1.29 is 19.1 Å². The summed E-state index contributed by atoms with van der Waals surface area (Å²) in [5.41, 5.74) is 4.21. The molecule has 0 radical (unpaired) electrons. The van der Waals surface area contributed by atoms with Crippen molar-refractivity contribution in [2.45, 2.75) is 13.8 Å². The lowest BCUT2D eigenvalue weighted by atomic mass is 9.97. The van der Waals surface area contributed by atoms with Crippen molar-refractivity contribution in [1.82, 2.24) is 0 Å². The van der Waals surface area contributed by atoms with Gasteiger partial charge in [-0.3, -0.25) is 9.59 Å². The first-order valence-corrected chi connectivity index (χ1v) is 10.9. The Morgan fingerprint density at radius 3 is 2.42 bits per heavy atom. The predicted octanol–water partition coefficient (Wildman–Crippen LogP) is 5.12. The zero-order valence-electron chi connectivity index (χ0n) is 18.1. The molecule has 3 aromatic rings. The first-order chi connectivity index (χ1) is 15.9. The van der Waals surface area contributed by atoms with E-state index in [1.807, 2.05) is 32.0 Å². The fraction of sp³-hybridized carbons (Fsp3) is 0.154. The Hall–Kier alpha value is -3.77. The van der Waals surface area contributed by atoms with Crippen LogP contribution in [0.1, 0.15) is 16.7 Å². The number of nitrogens with zero attached hydrogens (tertiary/aromatic N) is 1. The van der Waals surface area contributed by atoms with Gasteiger partial charge in [-0.1, -0.05) is 41.4 Å². The molecule has 0 saturated heterocycles. The van der Waals surface area contributed by atoms with Crippen LogP contribution in [0.5, 0.6) is 11.5 Å². The highest BCUT2D eigenvalue weighted by Gasteiger charge is 2.41. The van der Waals surface area contributed by atoms with E-state index in [1.165, 1.54) is 0 Å². The van der Waals surface area contributed by atoms with Crippen LogP contribution >= 0.6 is 11.6 Å². The number of hydrogen-bond donors (Lipinski definition) is 1. The summed E-state index contributed by atoms with van der Waals surface area (Å²) in [6.07, 6.45) is 0. The lowest BCUT2D eigenvalue weighted by Crippen LogP contribution is -2.32. The quantitative estimate of drug-likeness (QED) is 0.547. The van der Waals surface area contributed by atoms with Crippen LogP contribution in [0.4, 0.5) is 11.4 Å². The third-order valence-corrected chi connectivity index (χ3v) is 5.85.